The number of carbonyl (C=O) groups excluding carboxylic acids is 1. The Hall–Kier alpha value is -1.70. The van der Waals surface area contributed by atoms with Gasteiger partial charge in [-0.25, -0.2) is 4.98 Å². The van der Waals surface area contributed by atoms with Gasteiger partial charge in [-0.05, 0) is 37.7 Å². The molecule has 1 N–H and O–H groups in total. The van der Waals surface area contributed by atoms with Gasteiger partial charge in [-0.3, -0.25) is 4.79 Å². The number of para-hydroxylation sites is 2. The highest BCUT2D eigenvalue weighted by molar-refractivity contribution is 7.97. The highest BCUT2D eigenvalue weighted by atomic mass is 32.2. The molecular formula is C18H22F3N3OS. The second kappa shape index (κ2) is 7.90. The molecule has 8 heteroatoms. The van der Waals surface area contributed by atoms with Gasteiger partial charge in [0.05, 0.1) is 22.7 Å². The van der Waals surface area contributed by atoms with Gasteiger partial charge in [-0.2, -0.15) is 24.9 Å². The standard InChI is InChI=1S/C18H22F3N3OS/c1-26-11-16-23-14-7-2-3-8-15(14)24(16)10-17(25)22-13-6-4-5-12(9-13)18(19,20)21/h2-3,7-8,12-13H,4-6,9-11H2,1H3,(H,22,25). The zero-order valence-electron chi connectivity index (χ0n) is 14.6. The van der Waals surface area contributed by atoms with E-state index in [1.807, 2.05) is 35.1 Å². The van der Waals surface area contributed by atoms with Crippen LogP contribution in [0.4, 0.5) is 13.2 Å². The molecule has 1 amide bonds. The summed E-state index contributed by atoms with van der Waals surface area (Å²) in [5.74, 6) is -0.113. The summed E-state index contributed by atoms with van der Waals surface area (Å²) >= 11 is 1.61. The molecule has 1 aromatic carbocycles. The van der Waals surface area contributed by atoms with Gasteiger partial charge < -0.3 is 9.88 Å². The van der Waals surface area contributed by atoms with Crippen molar-refractivity contribution in [2.45, 2.75) is 50.2 Å². The molecule has 0 radical (unpaired) electrons. The van der Waals surface area contributed by atoms with Crippen molar-refractivity contribution in [3.05, 3.63) is 30.1 Å². The molecule has 142 valence electrons. The first kappa shape index (κ1) is 19.1. The molecule has 2 aromatic rings. The summed E-state index contributed by atoms with van der Waals surface area (Å²) in [7, 11) is 0. The summed E-state index contributed by atoms with van der Waals surface area (Å²) in [5.41, 5.74) is 1.68. The monoisotopic (exact) mass is 385 g/mol. The average molecular weight is 385 g/mol. The van der Waals surface area contributed by atoms with E-state index in [0.717, 1.165) is 16.9 Å². The first-order chi connectivity index (χ1) is 12.4. The van der Waals surface area contributed by atoms with Gasteiger partial charge in [0.15, 0.2) is 0 Å². The minimum absolute atomic E-state index is 0.0302. The number of rotatable bonds is 5. The number of hydrogen-bond acceptors (Lipinski definition) is 3. The number of amides is 1. The molecule has 0 aliphatic heterocycles. The molecule has 0 bridgehead atoms. The van der Waals surface area contributed by atoms with Gasteiger partial charge in [-0.15, -0.1) is 0 Å². The van der Waals surface area contributed by atoms with Crippen LogP contribution in [0.1, 0.15) is 31.5 Å². The lowest BCUT2D eigenvalue weighted by atomic mass is 9.85. The minimum Gasteiger partial charge on any atom is -0.352 e. The van der Waals surface area contributed by atoms with E-state index in [9.17, 15) is 18.0 Å². The lowest BCUT2D eigenvalue weighted by Crippen LogP contribution is -2.42. The number of thioether (sulfide) groups is 1. The maximum Gasteiger partial charge on any atom is 0.391 e. The van der Waals surface area contributed by atoms with Gasteiger partial charge in [0.25, 0.3) is 0 Å². The van der Waals surface area contributed by atoms with Crippen LogP contribution in [0.3, 0.4) is 0 Å². The Morgan fingerprint density at radius 2 is 2.12 bits per heavy atom. The van der Waals surface area contributed by atoms with Crippen molar-refractivity contribution in [1.82, 2.24) is 14.9 Å². The third-order valence-electron chi connectivity index (χ3n) is 4.81. The van der Waals surface area contributed by atoms with Crippen LogP contribution in [0.2, 0.25) is 0 Å². The molecule has 4 nitrogen and oxygen atoms in total. The number of nitrogens with zero attached hydrogens (tertiary/aromatic N) is 2. The zero-order chi connectivity index (χ0) is 18.7. The number of nitrogens with one attached hydrogen (secondary N) is 1. The number of benzene rings is 1. The van der Waals surface area contributed by atoms with Crippen molar-refractivity contribution in [3.63, 3.8) is 0 Å². The Kier molecular flexibility index (Phi) is 5.79. The van der Waals surface area contributed by atoms with Crippen LogP contribution in [-0.2, 0) is 17.1 Å². The quantitative estimate of drug-likeness (QED) is 0.842. The van der Waals surface area contributed by atoms with Crippen LogP contribution < -0.4 is 5.32 Å². The molecule has 2 unspecified atom stereocenters. The number of fused-ring (bicyclic) bond motifs is 1. The number of hydrogen-bond donors (Lipinski definition) is 1. The molecule has 1 aliphatic carbocycles. The highest BCUT2D eigenvalue weighted by Gasteiger charge is 2.42. The smallest absolute Gasteiger partial charge is 0.352 e. The molecular weight excluding hydrogens is 363 g/mol. The highest BCUT2D eigenvalue weighted by Crippen LogP contribution is 2.37. The summed E-state index contributed by atoms with van der Waals surface area (Å²) in [6, 6.07) is 7.15. The molecule has 0 spiro atoms. The molecule has 1 saturated carbocycles. The van der Waals surface area contributed by atoms with Crippen LogP contribution in [-0.4, -0.2) is 33.9 Å². The molecule has 0 saturated heterocycles. The first-order valence-electron chi connectivity index (χ1n) is 8.67. The third kappa shape index (κ3) is 4.34. The van der Waals surface area contributed by atoms with Crippen LogP contribution in [0.5, 0.6) is 0 Å². The van der Waals surface area contributed by atoms with Crippen molar-refractivity contribution in [3.8, 4) is 0 Å². The van der Waals surface area contributed by atoms with Crippen molar-refractivity contribution in [1.29, 1.82) is 0 Å². The van der Waals surface area contributed by atoms with E-state index in [1.165, 1.54) is 0 Å². The maximum absolute atomic E-state index is 12.9. The van der Waals surface area contributed by atoms with Crippen molar-refractivity contribution in [2.75, 3.05) is 6.26 Å². The summed E-state index contributed by atoms with van der Waals surface area (Å²) in [5, 5.41) is 2.80. The van der Waals surface area contributed by atoms with E-state index in [4.69, 9.17) is 0 Å². The van der Waals surface area contributed by atoms with E-state index in [-0.39, 0.29) is 25.3 Å². The van der Waals surface area contributed by atoms with Crippen molar-refractivity contribution >= 4 is 28.7 Å². The lowest BCUT2D eigenvalue weighted by molar-refractivity contribution is -0.184. The van der Waals surface area contributed by atoms with Gasteiger partial charge in [-0.1, -0.05) is 18.6 Å². The van der Waals surface area contributed by atoms with Gasteiger partial charge in [0.1, 0.15) is 12.4 Å². The SMILES string of the molecule is CSCc1nc2ccccc2n1CC(=O)NC1CCCC(C(F)(F)F)C1. The molecule has 1 fully saturated rings. The number of alkyl halides is 3. The van der Waals surface area contributed by atoms with Gasteiger partial charge in [0, 0.05) is 6.04 Å². The average Bonchev–Trinajstić information content (AvgIpc) is 2.92. The molecule has 1 heterocycles. The normalized spacial score (nSPS) is 21.1. The van der Waals surface area contributed by atoms with E-state index in [1.54, 1.807) is 11.8 Å². The fraction of sp³-hybridized carbons (Fsp3) is 0.556. The van der Waals surface area contributed by atoms with Gasteiger partial charge >= 0.3 is 6.18 Å². The van der Waals surface area contributed by atoms with Crippen molar-refractivity contribution < 1.29 is 18.0 Å². The molecule has 2 atom stereocenters. The summed E-state index contributed by atoms with van der Waals surface area (Å²) in [4.78, 5) is 17.0. The fourth-order valence-electron chi connectivity index (χ4n) is 3.58. The third-order valence-corrected chi connectivity index (χ3v) is 5.36. The fourth-order valence-corrected chi connectivity index (χ4v) is 4.05. The molecule has 26 heavy (non-hydrogen) atoms. The topological polar surface area (TPSA) is 46.9 Å². The predicted octanol–water partition coefficient (Wildman–Crippen LogP) is 4.14. The Morgan fingerprint density at radius 3 is 2.85 bits per heavy atom. The Morgan fingerprint density at radius 1 is 1.35 bits per heavy atom. The van der Waals surface area contributed by atoms with Crippen LogP contribution in [0, 0.1) is 5.92 Å². The Bertz CT molecular complexity index is 775. The number of halogens is 3. The predicted molar refractivity (Wildman–Crippen MR) is 96.9 cm³/mol. The number of aromatic nitrogens is 2. The zero-order valence-corrected chi connectivity index (χ0v) is 15.4. The van der Waals surface area contributed by atoms with Crippen molar-refractivity contribution in [2.24, 2.45) is 5.92 Å². The number of carbonyl (C=O) groups is 1. The van der Waals surface area contributed by atoms with Gasteiger partial charge in [0.2, 0.25) is 5.91 Å². The van der Waals surface area contributed by atoms with E-state index < -0.39 is 18.1 Å². The van der Waals surface area contributed by atoms with Crippen LogP contribution in [0.15, 0.2) is 24.3 Å². The second-order valence-corrected chi connectivity index (χ2v) is 7.57. The maximum atomic E-state index is 12.9. The van der Waals surface area contributed by atoms with Crippen LogP contribution >= 0.6 is 11.8 Å². The van der Waals surface area contributed by atoms with E-state index in [2.05, 4.69) is 10.3 Å². The molecule has 3 rings (SSSR count). The molecule has 1 aliphatic rings. The summed E-state index contributed by atoms with van der Waals surface area (Å²) < 4.78 is 40.7. The number of imidazole rings is 1. The summed E-state index contributed by atoms with van der Waals surface area (Å²) in [6.45, 7) is 0.0730. The van der Waals surface area contributed by atoms with Crippen LogP contribution in [0.25, 0.3) is 11.0 Å². The van der Waals surface area contributed by atoms with E-state index >= 15 is 0 Å². The first-order valence-corrected chi connectivity index (χ1v) is 10.1. The van der Waals surface area contributed by atoms with E-state index in [0.29, 0.717) is 18.6 Å². The summed E-state index contributed by atoms with van der Waals surface area (Å²) in [6.07, 6.45) is -1.02. The Balaban J connectivity index is 1.70. The largest absolute Gasteiger partial charge is 0.391 e. The molecule has 1 aromatic heterocycles. The second-order valence-electron chi connectivity index (χ2n) is 6.71. The minimum atomic E-state index is -4.19. The Labute approximate surface area is 154 Å². The lowest BCUT2D eigenvalue weighted by Gasteiger charge is -2.31.